The minimum Gasteiger partial charge on any atom is -0.469 e. The highest BCUT2D eigenvalue weighted by Gasteiger charge is 2.38. The molecular formula is C24H21N5O8. The molecule has 190 valence electrons. The van der Waals surface area contributed by atoms with E-state index in [1.165, 1.54) is 42.5 Å². The number of nitriles is 1. The van der Waals surface area contributed by atoms with Crippen LogP contribution in [-0.2, 0) is 23.8 Å². The molecule has 0 aliphatic carbocycles. The number of urea groups is 1. The van der Waals surface area contributed by atoms with E-state index in [0.29, 0.717) is 5.56 Å². The Balaban J connectivity index is 2.22. The van der Waals surface area contributed by atoms with Crippen molar-refractivity contribution in [3.8, 4) is 6.07 Å². The number of hydrogen-bond donors (Lipinski definition) is 2. The molecule has 2 aromatic rings. The van der Waals surface area contributed by atoms with E-state index in [4.69, 9.17) is 20.9 Å². The van der Waals surface area contributed by atoms with Crippen LogP contribution in [0.2, 0.25) is 0 Å². The third-order valence-electron chi connectivity index (χ3n) is 5.42. The molecule has 0 bridgehead atoms. The molecule has 1 aliphatic rings. The minimum absolute atomic E-state index is 0.108. The molecular weight excluding hydrogens is 486 g/mol. The predicted molar refractivity (Wildman–Crippen MR) is 128 cm³/mol. The van der Waals surface area contributed by atoms with Gasteiger partial charge in [-0.05, 0) is 23.8 Å². The highest BCUT2D eigenvalue weighted by atomic mass is 16.6. The summed E-state index contributed by atoms with van der Waals surface area (Å²) in [5, 5.41) is 21.1. The van der Waals surface area contributed by atoms with Gasteiger partial charge < -0.3 is 25.7 Å². The van der Waals surface area contributed by atoms with Gasteiger partial charge in [-0.25, -0.2) is 9.59 Å². The summed E-state index contributed by atoms with van der Waals surface area (Å²) < 4.78 is 15.0. The van der Waals surface area contributed by atoms with Crippen molar-refractivity contribution >= 4 is 35.0 Å². The van der Waals surface area contributed by atoms with Crippen molar-refractivity contribution in [2.24, 2.45) is 11.5 Å². The molecule has 13 heteroatoms. The first-order valence-corrected chi connectivity index (χ1v) is 10.5. The fraction of sp³-hybridized carbons (Fsp3) is 0.167. The van der Waals surface area contributed by atoms with Crippen LogP contribution in [0.5, 0.6) is 0 Å². The number of allylic oxidation sites excluding steroid dienone is 1. The van der Waals surface area contributed by atoms with Gasteiger partial charge in [0.2, 0.25) is 5.88 Å². The Kier molecular flexibility index (Phi) is 7.73. The number of primary amides is 1. The quantitative estimate of drug-likeness (QED) is 0.318. The van der Waals surface area contributed by atoms with Crippen LogP contribution in [0.15, 0.2) is 71.3 Å². The van der Waals surface area contributed by atoms with Crippen LogP contribution >= 0.6 is 0 Å². The van der Waals surface area contributed by atoms with Gasteiger partial charge in [-0.15, -0.1) is 0 Å². The van der Waals surface area contributed by atoms with E-state index in [1.54, 1.807) is 6.07 Å². The number of nitro groups is 1. The first kappa shape index (κ1) is 26.2. The number of carbonyl (C=O) groups excluding carboxylic acids is 3. The summed E-state index contributed by atoms with van der Waals surface area (Å²) in [6.45, 7) is 0. The molecule has 3 rings (SSSR count). The van der Waals surface area contributed by atoms with Crippen LogP contribution in [0.25, 0.3) is 0 Å². The number of anilines is 2. The number of esters is 2. The van der Waals surface area contributed by atoms with Gasteiger partial charge >= 0.3 is 18.0 Å². The zero-order valence-electron chi connectivity index (χ0n) is 19.7. The van der Waals surface area contributed by atoms with Crippen LogP contribution in [0.4, 0.5) is 21.9 Å². The average molecular weight is 507 g/mol. The van der Waals surface area contributed by atoms with Crippen molar-refractivity contribution in [1.29, 1.82) is 5.26 Å². The van der Waals surface area contributed by atoms with Crippen LogP contribution in [0.1, 0.15) is 17.9 Å². The lowest BCUT2D eigenvalue weighted by atomic mass is 9.82. The standard InChI is InChI=1S/C24H21N5O8/c1-35-19(30)11-18-21(23(31)36-2)20(17(12-25)22(26)37-18)13-5-3-6-14(9-13)28(24(27)32)15-7-4-8-16(10-15)29(33)34/h3-10,20H,11,26H2,1-2H3,(H2,27,32). The van der Waals surface area contributed by atoms with Gasteiger partial charge in [0.15, 0.2) is 0 Å². The molecule has 13 nitrogen and oxygen atoms in total. The number of benzene rings is 2. The van der Waals surface area contributed by atoms with Crippen molar-refractivity contribution in [2.45, 2.75) is 12.3 Å². The fourth-order valence-electron chi connectivity index (χ4n) is 3.81. The Morgan fingerprint density at radius 2 is 1.78 bits per heavy atom. The van der Waals surface area contributed by atoms with E-state index in [2.05, 4.69) is 4.74 Å². The van der Waals surface area contributed by atoms with Gasteiger partial charge in [-0.1, -0.05) is 18.2 Å². The zero-order chi connectivity index (χ0) is 27.3. The molecule has 0 radical (unpaired) electrons. The lowest BCUT2D eigenvalue weighted by molar-refractivity contribution is -0.384. The number of rotatable bonds is 7. The predicted octanol–water partition coefficient (Wildman–Crippen LogP) is 2.61. The van der Waals surface area contributed by atoms with Gasteiger partial charge in [0.05, 0.1) is 42.0 Å². The number of ether oxygens (including phenoxy) is 3. The molecule has 4 N–H and O–H groups in total. The zero-order valence-corrected chi connectivity index (χ0v) is 19.7. The molecule has 37 heavy (non-hydrogen) atoms. The molecule has 0 aromatic heterocycles. The summed E-state index contributed by atoms with van der Waals surface area (Å²) in [6.07, 6.45) is -0.475. The van der Waals surface area contributed by atoms with Gasteiger partial charge in [0.1, 0.15) is 23.8 Å². The van der Waals surface area contributed by atoms with Crippen LogP contribution < -0.4 is 16.4 Å². The topological polar surface area (TPSA) is 201 Å². The first-order valence-electron chi connectivity index (χ1n) is 10.5. The smallest absolute Gasteiger partial charge is 0.338 e. The van der Waals surface area contributed by atoms with Crippen LogP contribution in [0, 0.1) is 21.4 Å². The maximum Gasteiger partial charge on any atom is 0.338 e. The summed E-state index contributed by atoms with van der Waals surface area (Å²) >= 11 is 0. The maximum atomic E-state index is 12.8. The van der Waals surface area contributed by atoms with Crippen LogP contribution in [-0.4, -0.2) is 37.1 Å². The first-order chi connectivity index (χ1) is 17.6. The van der Waals surface area contributed by atoms with E-state index < -0.39 is 35.2 Å². The Labute approximate surface area is 210 Å². The number of nitrogens with zero attached hydrogens (tertiary/aromatic N) is 3. The molecule has 1 atom stereocenters. The largest absolute Gasteiger partial charge is 0.469 e. The van der Waals surface area contributed by atoms with E-state index >= 15 is 0 Å². The van der Waals surface area contributed by atoms with E-state index in [1.807, 2.05) is 6.07 Å². The highest BCUT2D eigenvalue weighted by Crippen LogP contribution is 2.42. The summed E-state index contributed by atoms with van der Waals surface area (Å²) in [5.74, 6) is -3.28. The summed E-state index contributed by atoms with van der Waals surface area (Å²) in [7, 11) is 2.26. The van der Waals surface area contributed by atoms with Gasteiger partial charge in [-0.2, -0.15) is 5.26 Å². The van der Waals surface area contributed by atoms with Crippen molar-refractivity contribution in [3.63, 3.8) is 0 Å². The fourth-order valence-corrected chi connectivity index (χ4v) is 3.81. The summed E-state index contributed by atoms with van der Waals surface area (Å²) in [5.41, 5.74) is 11.5. The molecule has 0 saturated heterocycles. The second-order valence-electron chi connectivity index (χ2n) is 7.55. The van der Waals surface area contributed by atoms with Crippen molar-refractivity contribution in [2.75, 3.05) is 19.1 Å². The molecule has 2 amide bonds. The van der Waals surface area contributed by atoms with Crippen LogP contribution in [0.3, 0.4) is 0 Å². The molecule has 0 saturated carbocycles. The third-order valence-corrected chi connectivity index (χ3v) is 5.42. The van der Waals surface area contributed by atoms with Gasteiger partial charge in [0, 0.05) is 12.1 Å². The SMILES string of the molecule is COC(=O)CC1=C(C(=O)OC)C(c2cccc(N(C(N)=O)c3cccc([N+](=O)[O-])c3)c2)C(C#N)=C(N)O1. The monoisotopic (exact) mass is 507 g/mol. The second-order valence-corrected chi connectivity index (χ2v) is 7.55. The lowest BCUT2D eigenvalue weighted by Crippen LogP contribution is -2.31. The number of hydrogen-bond acceptors (Lipinski definition) is 10. The number of amides is 2. The third kappa shape index (κ3) is 5.33. The second kappa shape index (κ2) is 10.9. The molecule has 0 spiro atoms. The van der Waals surface area contributed by atoms with Crippen molar-refractivity contribution in [1.82, 2.24) is 0 Å². The normalized spacial score (nSPS) is 14.8. The van der Waals surface area contributed by atoms with Crippen molar-refractivity contribution < 1.29 is 33.5 Å². The van der Waals surface area contributed by atoms with Gasteiger partial charge in [0.25, 0.3) is 5.69 Å². The van der Waals surface area contributed by atoms with E-state index in [0.717, 1.165) is 19.1 Å². The Morgan fingerprint density at radius 1 is 1.14 bits per heavy atom. The summed E-state index contributed by atoms with van der Waals surface area (Å²) in [4.78, 5) is 48.8. The molecule has 1 aliphatic heterocycles. The highest BCUT2D eigenvalue weighted by molar-refractivity contribution is 5.99. The number of non-ortho nitro benzene ring substituents is 1. The Bertz CT molecular complexity index is 1390. The van der Waals surface area contributed by atoms with E-state index in [-0.39, 0.29) is 39.9 Å². The minimum atomic E-state index is -1.15. The average Bonchev–Trinajstić information content (AvgIpc) is 2.88. The van der Waals surface area contributed by atoms with Crippen molar-refractivity contribution in [3.05, 3.63) is 87.0 Å². The Morgan fingerprint density at radius 3 is 2.35 bits per heavy atom. The molecule has 1 heterocycles. The summed E-state index contributed by atoms with van der Waals surface area (Å²) in [6, 6.07) is 12.2. The molecule has 1 unspecified atom stereocenters. The lowest BCUT2D eigenvalue weighted by Gasteiger charge is -2.28. The number of nitrogens with two attached hydrogens (primary N) is 2. The molecule has 0 fully saturated rings. The molecule has 2 aromatic carbocycles. The number of methoxy groups -OCH3 is 2. The maximum absolute atomic E-state index is 12.8. The van der Waals surface area contributed by atoms with Gasteiger partial charge in [-0.3, -0.25) is 19.8 Å². The van der Waals surface area contributed by atoms with E-state index in [9.17, 15) is 29.8 Å². The number of carbonyl (C=O) groups is 3. The number of nitro benzene ring substituents is 1. The Hall–Kier alpha value is -5.38.